The fraction of sp³-hybridized carbons (Fsp3) is 0.300. The van der Waals surface area contributed by atoms with E-state index in [0.29, 0.717) is 0 Å². The molecule has 0 aliphatic heterocycles. The first-order chi connectivity index (χ1) is 5.49. The molecule has 0 aliphatic carbocycles. The van der Waals surface area contributed by atoms with Crippen LogP contribution in [0.2, 0.25) is 0 Å². The summed E-state index contributed by atoms with van der Waals surface area (Å²) in [5.41, 5.74) is 0.987. The van der Waals surface area contributed by atoms with E-state index in [-0.39, 0.29) is 11.5 Å². The van der Waals surface area contributed by atoms with Crippen molar-refractivity contribution in [3.05, 3.63) is 36.5 Å². The molecule has 0 amide bonds. The average Bonchev–Trinajstić information content (AvgIpc) is 1.98. The zero-order chi connectivity index (χ0) is 9.72. The summed E-state index contributed by atoms with van der Waals surface area (Å²) in [7, 11) is 0. The molecule has 0 rings (SSSR count). The zero-order valence-electron chi connectivity index (χ0n) is 7.50. The van der Waals surface area contributed by atoms with Gasteiger partial charge in [0.25, 0.3) is 0 Å². The van der Waals surface area contributed by atoms with Crippen LogP contribution in [-0.4, -0.2) is 11.1 Å². The van der Waals surface area contributed by atoms with Crippen LogP contribution >= 0.6 is 0 Å². The summed E-state index contributed by atoms with van der Waals surface area (Å²) < 4.78 is 0. The van der Waals surface area contributed by atoms with Crippen molar-refractivity contribution in [1.82, 2.24) is 0 Å². The maximum atomic E-state index is 10.5. The third kappa shape index (κ3) is 3.19. The standard InChI is InChI=1S/C10H14O2/c1-5-9(10(11)12)6-8(4)7(2)3/h5-7H,1,4H2,2-3H3,(H,11,12)/b9-6+. The maximum Gasteiger partial charge on any atom is 0.335 e. The van der Waals surface area contributed by atoms with Gasteiger partial charge in [0, 0.05) is 0 Å². The van der Waals surface area contributed by atoms with Crippen molar-refractivity contribution in [1.29, 1.82) is 0 Å². The van der Waals surface area contributed by atoms with Crippen LogP contribution in [0.4, 0.5) is 0 Å². The lowest BCUT2D eigenvalue weighted by molar-refractivity contribution is -0.132. The van der Waals surface area contributed by atoms with Crippen LogP contribution in [0.1, 0.15) is 13.8 Å². The van der Waals surface area contributed by atoms with Crippen LogP contribution in [0, 0.1) is 5.92 Å². The summed E-state index contributed by atoms with van der Waals surface area (Å²) in [6.07, 6.45) is 2.86. The molecule has 0 aromatic heterocycles. The molecular weight excluding hydrogens is 152 g/mol. The highest BCUT2D eigenvalue weighted by Gasteiger charge is 2.04. The minimum Gasteiger partial charge on any atom is -0.478 e. The SMILES string of the molecule is C=C/C(=C\C(=C)C(C)C)C(=O)O. The Balaban J connectivity index is 4.61. The van der Waals surface area contributed by atoms with Gasteiger partial charge in [-0.15, -0.1) is 0 Å². The van der Waals surface area contributed by atoms with E-state index in [1.165, 1.54) is 6.08 Å². The summed E-state index contributed by atoms with van der Waals surface area (Å²) >= 11 is 0. The molecule has 0 aliphatic rings. The highest BCUT2D eigenvalue weighted by Crippen LogP contribution is 2.11. The van der Waals surface area contributed by atoms with Crippen molar-refractivity contribution in [2.75, 3.05) is 0 Å². The molecule has 0 fully saturated rings. The lowest BCUT2D eigenvalue weighted by atomic mass is 10.0. The molecule has 66 valence electrons. The predicted octanol–water partition coefficient (Wildman–Crippen LogP) is 2.40. The van der Waals surface area contributed by atoms with E-state index in [0.717, 1.165) is 5.57 Å². The minimum atomic E-state index is -0.966. The molecule has 0 saturated carbocycles. The van der Waals surface area contributed by atoms with Crippen molar-refractivity contribution >= 4 is 5.97 Å². The highest BCUT2D eigenvalue weighted by atomic mass is 16.4. The van der Waals surface area contributed by atoms with Crippen LogP contribution in [0.5, 0.6) is 0 Å². The van der Waals surface area contributed by atoms with Gasteiger partial charge in [-0.3, -0.25) is 0 Å². The van der Waals surface area contributed by atoms with Crippen molar-refractivity contribution in [3.8, 4) is 0 Å². The number of carbonyl (C=O) groups is 1. The number of carboxylic acids is 1. The molecule has 0 heterocycles. The van der Waals surface area contributed by atoms with Gasteiger partial charge in [0.05, 0.1) is 5.57 Å². The van der Waals surface area contributed by atoms with Crippen LogP contribution in [0.3, 0.4) is 0 Å². The van der Waals surface area contributed by atoms with Gasteiger partial charge in [-0.1, -0.05) is 38.7 Å². The van der Waals surface area contributed by atoms with Crippen molar-refractivity contribution < 1.29 is 9.90 Å². The molecule has 0 atom stereocenters. The van der Waals surface area contributed by atoms with Crippen LogP contribution in [0.25, 0.3) is 0 Å². The third-order valence-electron chi connectivity index (χ3n) is 1.55. The number of aliphatic carboxylic acids is 1. The molecule has 0 aromatic carbocycles. The molecule has 0 saturated heterocycles. The van der Waals surface area contributed by atoms with E-state index in [9.17, 15) is 4.79 Å². The smallest absolute Gasteiger partial charge is 0.335 e. The second-order valence-electron chi connectivity index (χ2n) is 2.84. The lowest BCUT2D eigenvalue weighted by Crippen LogP contribution is -1.99. The van der Waals surface area contributed by atoms with E-state index in [4.69, 9.17) is 5.11 Å². The Morgan fingerprint density at radius 1 is 1.50 bits per heavy atom. The molecule has 0 unspecified atom stereocenters. The van der Waals surface area contributed by atoms with Gasteiger partial charge in [0.15, 0.2) is 0 Å². The summed E-state index contributed by atoms with van der Waals surface area (Å²) in [4.78, 5) is 10.5. The van der Waals surface area contributed by atoms with E-state index in [2.05, 4.69) is 13.2 Å². The maximum absolute atomic E-state index is 10.5. The summed E-state index contributed by atoms with van der Waals surface area (Å²) in [6.45, 7) is 11.1. The first-order valence-electron chi connectivity index (χ1n) is 3.75. The molecule has 12 heavy (non-hydrogen) atoms. The van der Waals surface area contributed by atoms with E-state index in [1.807, 2.05) is 13.8 Å². The molecule has 1 N–H and O–H groups in total. The van der Waals surface area contributed by atoms with Gasteiger partial charge < -0.3 is 5.11 Å². The van der Waals surface area contributed by atoms with Gasteiger partial charge in [-0.2, -0.15) is 0 Å². The highest BCUT2D eigenvalue weighted by molar-refractivity contribution is 5.90. The first kappa shape index (κ1) is 10.7. The van der Waals surface area contributed by atoms with Gasteiger partial charge in [0.1, 0.15) is 0 Å². The second-order valence-corrected chi connectivity index (χ2v) is 2.84. The Labute approximate surface area is 72.9 Å². The fourth-order valence-corrected chi connectivity index (χ4v) is 0.574. The van der Waals surface area contributed by atoms with Crippen LogP contribution < -0.4 is 0 Å². The average molecular weight is 166 g/mol. The summed E-state index contributed by atoms with van der Waals surface area (Å²) in [6, 6.07) is 0. The van der Waals surface area contributed by atoms with Gasteiger partial charge >= 0.3 is 5.97 Å². The van der Waals surface area contributed by atoms with E-state index >= 15 is 0 Å². The molecule has 0 radical (unpaired) electrons. The zero-order valence-corrected chi connectivity index (χ0v) is 7.50. The largest absolute Gasteiger partial charge is 0.478 e. The molecular formula is C10H14O2. The Hall–Kier alpha value is -1.31. The first-order valence-corrected chi connectivity index (χ1v) is 3.75. The number of hydrogen-bond donors (Lipinski definition) is 1. The Morgan fingerprint density at radius 3 is 2.25 bits per heavy atom. The Bertz CT molecular complexity index is 234. The van der Waals surface area contributed by atoms with Gasteiger partial charge in [-0.25, -0.2) is 4.79 Å². The Kier molecular flexibility index (Phi) is 4.05. The number of hydrogen-bond acceptors (Lipinski definition) is 1. The summed E-state index contributed by atoms with van der Waals surface area (Å²) in [5, 5.41) is 8.62. The van der Waals surface area contributed by atoms with Gasteiger partial charge in [0.2, 0.25) is 0 Å². The molecule has 0 spiro atoms. The molecule has 2 nitrogen and oxygen atoms in total. The topological polar surface area (TPSA) is 37.3 Å². The monoisotopic (exact) mass is 166 g/mol. The molecule has 0 aromatic rings. The molecule has 0 bridgehead atoms. The van der Waals surface area contributed by atoms with Gasteiger partial charge in [-0.05, 0) is 12.0 Å². The summed E-state index contributed by atoms with van der Waals surface area (Å²) in [5.74, 6) is -0.703. The second kappa shape index (κ2) is 4.54. The molecule has 2 heteroatoms. The number of rotatable bonds is 4. The van der Waals surface area contributed by atoms with E-state index < -0.39 is 5.97 Å². The van der Waals surface area contributed by atoms with Crippen molar-refractivity contribution in [2.45, 2.75) is 13.8 Å². The van der Waals surface area contributed by atoms with Crippen LogP contribution in [0.15, 0.2) is 36.5 Å². The minimum absolute atomic E-state index is 0.189. The van der Waals surface area contributed by atoms with Crippen LogP contribution in [-0.2, 0) is 4.79 Å². The number of allylic oxidation sites excluding steroid dienone is 2. The quantitative estimate of drug-likeness (QED) is 0.514. The van der Waals surface area contributed by atoms with Crippen molar-refractivity contribution in [2.24, 2.45) is 5.92 Å². The predicted molar refractivity (Wildman–Crippen MR) is 49.9 cm³/mol. The lowest BCUT2D eigenvalue weighted by Gasteiger charge is -2.03. The Morgan fingerprint density at radius 2 is 2.00 bits per heavy atom. The third-order valence-corrected chi connectivity index (χ3v) is 1.55. The fourth-order valence-electron chi connectivity index (χ4n) is 0.574. The van der Waals surface area contributed by atoms with E-state index in [1.54, 1.807) is 6.08 Å². The normalized spacial score (nSPS) is 11.4. The van der Waals surface area contributed by atoms with Crippen molar-refractivity contribution in [3.63, 3.8) is 0 Å². The number of carboxylic acid groups (broad SMARTS) is 1.